The summed E-state index contributed by atoms with van der Waals surface area (Å²) in [6, 6.07) is 0. The van der Waals surface area contributed by atoms with Gasteiger partial charge in [0, 0.05) is 6.61 Å². The van der Waals surface area contributed by atoms with Crippen molar-refractivity contribution < 1.29 is 101 Å². The van der Waals surface area contributed by atoms with Crippen LogP contribution in [0.4, 0.5) is 79.0 Å². The minimum atomic E-state index is -8.70. The molecule has 236 valence electrons. The lowest BCUT2D eigenvalue weighted by atomic mass is 10.1. The summed E-state index contributed by atoms with van der Waals surface area (Å²) in [5.74, 6) is -35.4. The van der Waals surface area contributed by atoms with Crippen LogP contribution in [0.15, 0.2) is 0 Å². The van der Waals surface area contributed by atoms with E-state index in [4.69, 9.17) is 5.11 Å². The Hall–Kier alpha value is -1.40. The molecule has 25 heteroatoms. The van der Waals surface area contributed by atoms with Crippen molar-refractivity contribution in [3.05, 3.63) is 0 Å². The number of aliphatic hydroxyl groups excluding tert-OH is 1. The van der Waals surface area contributed by atoms with E-state index in [0.29, 0.717) is 6.92 Å². The first-order chi connectivity index (χ1) is 16.6. The lowest BCUT2D eigenvalue weighted by Gasteiger charge is -2.37. The Kier molecular flexibility index (Phi) is 9.79. The third-order valence-corrected chi connectivity index (χ3v) is 10.2. The molecular weight excluding hydrogens is 654 g/mol. The number of rotatable bonds is 12. The molecule has 0 aromatic heterocycles. The summed E-state index contributed by atoms with van der Waals surface area (Å²) in [6.07, 6.45) is -19.4. The first kappa shape index (κ1) is 37.6. The topological polar surface area (TPSA) is 88.5 Å². The van der Waals surface area contributed by atoms with Gasteiger partial charge in [0.25, 0.3) is 0 Å². The summed E-state index contributed by atoms with van der Waals surface area (Å²) in [6.45, 7) is -1.12. The normalized spacial score (nSPS) is 17.1. The molecule has 0 fully saturated rings. The molecule has 1 atom stereocenters. The standard InChI is InChI=1S/C14H12F18O5S2/c1-2-5(4-33)3-6(38(34,35)13(29,30)9(19,20)7(15,16)11(23,24)25)39(36,37)14(31,32)10(21,22)8(17,18)12(26,27)28/h5-6,33H,2-4H2,1H3. The predicted octanol–water partition coefficient (Wildman–Crippen LogP) is 5.40. The van der Waals surface area contributed by atoms with E-state index < -0.39 is 96.2 Å². The number of alkyl halides is 18. The number of aliphatic hydroxyl groups is 1. The zero-order valence-electron chi connectivity index (χ0n) is 18.0. The Bertz CT molecular complexity index is 1010. The summed E-state index contributed by atoms with van der Waals surface area (Å²) in [7, 11) is -17.4. The zero-order valence-corrected chi connectivity index (χ0v) is 19.6. The van der Waals surface area contributed by atoms with Crippen molar-refractivity contribution in [2.45, 2.75) is 70.9 Å². The van der Waals surface area contributed by atoms with Crippen LogP contribution in [0.2, 0.25) is 0 Å². The first-order valence-corrected chi connectivity index (χ1v) is 12.2. The van der Waals surface area contributed by atoms with E-state index in [0.717, 1.165) is 0 Å². The third-order valence-electron chi connectivity index (χ3n) is 5.00. The van der Waals surface area contributed by atoms with Crippen LogP contribution < -0.4 is 0 Å². The molecule has 0 rings (SSSR count). The van der Waals surface area contributed by atoms with Gasteiger partial charge in [-0.05, 0) is 12.3 Å². The fourth-order valence-corrected chi connectivity index (χ4v) is 7.21. The molecule has 1 N–H and O–H groups in total. The molecule has 0 spiro atoms. The van der Waals surface area contributed by atoms with Gasteiger partial charge in [0.2, 0.25) is 19.7 Å². The van der Waals surface area contributed by atoms with Crippen molar-refractivity contribution >= 4 is 19.7 Å². The van der Waals surface area contributed by atoms with Crippen molar-refractivity contribution in [1.82, 2.24) is 0 Å². The van der Waals surface area contributed by atoms with Crippen molar-refractivity contribution in [2.75, 3.05) is 6.61 Å². The molecule has 0 amide bonds. The van der Waals surface area contributed by atoms with E-state index >= 15 is 0 Å². The predicted molar refractivity (Wildman–Crippen MR) is 88.9 cm³/mol. The number of halogens is 18. The Morgan fingerprint density at radius 1 is 0.538 bits per heavy atom. The average Bonchev–Trinajstić information content (AvgIpc) is 2.71. The van der Waals surface area contributed by atoms with Crippen molar-refractivity contribution in [3.8, 4) is 0 Å². The highest BCUT2D eigenvalue weighted by molar-refractivity contribution is 8.10. The van der Waals surface area contributed by atoms with Crippen molar-refractivity contribution in [1.29, 1.82) is 0 Å². The van der Waals surface area contributed by atoms with Crippen LogP contribution in [0.25, 0.3) is 0 Å². The van der Waals surface area contributed by atoms with E-state index in [9.17, 15) is 95.9 Å². The lowest BCUT2D eigenvalue weighted by molar-refractivity contribution is -0.382. The molecular formula is C14H12F18O5S2. The maximum Gasteiger partial charge on any atom is 0.460 e. The molecule has 0 aliphatic rings. The maximum absolute atomic E-state index is 14.1. The van der Waals surface area contributed by atoms with Gasteiger partial charge in [0.15, 0.2) is 4.58 Å². The fourth-order valence-electron chi connectivity index (χ4n) is 2.47. The Morgan fingerprint density at radius 2 is 0.795 bits per heavy atom. The highest BCUT2D eigenvalue weighted by atomic mass is 32.3. The highest BCUT2D eigenvalue weighted by Gasteiger charge is 2.89. The number of hydrogen-bond acceptors (Lipinski definition) is 5. The quantitative estimate of drug-likeness (QED) is 0.282. The van der Waals surface area contributed by atoms with Gasteiger partial charge in [0.05, 0.1) is 0 Å². The molecule has 0 aliphatic heterocycles. The van der Waals surface area contributed by atoms with Gasteiger partial charge in [0.1, 0.15) is 0 Å². The number of sulfone groups is 2. The van der Waals surface area contributed by atoms with E-state index in [-0.39, 0.29) is 0 Å². The smallest absolute Gasteiger partial charge is 0.396 e. The van der Waals surface area contributed by atoms with Crippen molar-refractivity contribution in [3.63, 3.8) is 0 Å². The molecule has 0 heterocycles. The molecule has 0 radical (unpaired) electrons. The van der Waals surface area contributed by atoms with Crippen LogP contribution in [0.1, 0.15) is 19.8 Å². The minimum Gasteiger partial charge on any atom is -0.396 e. The molecule has 0 saturated heterocycles. The van der Waals surface area contributed by atoms with E-state index in [1.54, 1.807) is 0 Å². The molecule has 0 aromatic carbocycles. The van der Waals surface area contributed by atoms with Gasteiger partial charge in [-0.1, -0.05) is 13.3 Å². The third kappa shape index (κ3) is 5.34. The molecule has 0 aromatic rings. The minimum absolute atomic E-state index is 0.659. The second-order valence-corrected chi connectivity index (χ2v) is 12.2. The molecule has 0 aliphatic carbocycles. The van der Waals surface area contributed by atoms with E-state index in [1.807, 2.05) is 0 Å². The second-order valence-electron chi connectivity index (χ2n) is 7.54. The summed E-state index contributed by atoms with van der Waals surface area (Å²) >= 11 is 0. The van der Waals surface area contributed by atoms with Crippen LogP contribution in [0, 0.1) is 5.92 Å². The maximum atomic E-state index is 14.1. The summed E-state index contributed by atoms with van der Waals surface area (Å²) < 4.78 is 280. The average molecular weight is 666 g/mol. The molecule has 0 bridgehead atoms. The molecule has 39 heavy (non-hydrogen) atoms. The van der Waals surface area contributed by atoms with Gasteiger partial charge in [-0.15, -0.1) is 0 Å². The van der Waals surface area contributed by atoms with Gasteiger partial charge >= 0.3 is 46.6 Å². The van der Waals surface area contributed by atoms with E-state index in [2.05, 4.69) is 0 Å². The van der Waals surface area contributed by atoms with Crippen molar-refractivity contribution in [2.24, 2.45) is 5.92 Å². The zero-order chi connectivity index (χ0) is 32.3. The molecule has 5 nitrogen and oxygen atoms in total. The first-order valence-electron chi connectivity index (χ1n) is 9.10. The molecule has 1 unspecified atom stereocenters. The van der Waals surface area contributed by atoms with Gasteiger partial charge in [-0.2, -0.15) is 79.0 Å². The monoisotopic (exact) mass is 666 g/mol. The largest absolute Gasteiger partial charge is 0.460 e. The lowest BCUT2D eigenvalue weighted by Crippen LogP contribution is -2.68. The summed E-state index contributed by atoms with van der Waals surface area (Å²) in [5, 5.41) is -7.45. The summed E-state index contributed by atoms with van der Waals surface area (Å²) in [4.78, 5) is 0. The summed E-state index contributed by atoms with van der Waals surface area (Å²) in [5.41, 5.74) is 0. The van der Waals surface area contributed by atoms with Gasteiger partial charge in [-0.3, -0.25) is 0 Å². The van der Waals surface area contributed by atoms with Gasteiger partial charge < -0.3 is 5.11 Å². The van der Waals surface area contributed by atoms with Crippen LogP contribution in [-0.2, 0) is 19.7 Å². The van der Waals surface area contributed by atoms with Crippen LogP contribution in [-0.4, -0.2) is 79.7 Å². The van der Waals surface area contributed by atoms with Crippen LogP contribution >= 0.6 is 0 Å². The second kappa shape index (κ2) is 10.2. The van der Waals surface area contributed by atoms with Gasteiger partial charge in [-0.25, -0.2) is 16.8 Å². The Labute approximate surface area is 205 Å². The Morgan fingerprint density at radius 3 is 0.974 bits per heavy atom. The fraction of sp³-hybridized carbons (Fsp3) is 1.00. The van der Waals surface area contributed by atoms with Crippen LogP contribution in [0.3, 0.4) is 0 Å². The molecule has 0 saturated carbocycles. The Balaban J connectivity index is 7.66. The highest BCUT2D eigenvalue weighted by Crippen LogP contribution is 2.59. The van der Waals surface area contributed by atoms with E-state index in [1.165, 1.54) is 0 Å². The number of hydrogen-bond donors (Lipinski definition) is 1. The SMILES string of the molecule is CCC(CO)CC(S(=O)(=O)C(F)(F)C(F)(F)C(F)(F)C(F)(F)F)S(=O)(=O)C(F)(F)C(F)(F)C(F)(F)C(F)(F)F. The van der Waals surface area contributed by atoms with Crippen LogP contribution in [0.5, 0.6) is 0 Å².